The fraction of sp³-hybridized carbons (Fsp3) is 0.864. The number of nitrogens with one attached hydrogen (secondary N) is 2. The Hall–Kier alpha value is -2.71. The van der Waals surface area contributed by atoms with Crippen LogP contribution in [0.3, 0.4) is 0 Å². The van der Waals surface area contributed by atoms with Crippen molar-refractivity contribution in [2.75, 3.05) is 13.2 Å². The van der Waals surface area contributed by atoms with Gasteiger partial charge in [0.2, 0.25) is 15.7 Å². The van der Waals surface area contributed by atoms with Gasteiger partial charge in [-0.1, -0.05) is 73.6 Å². The lowest BCUT2D eigenvalue weighted by Crippen LogP contribution is -2.64. The van der Waals surface area contributed by atoms with Crippen LogP contribution >= 0.6 is 0 Å². The second kappa shape index (κ2) is 17.5. The monoisotopic (exact) mass is 811 g/mol. The minimum Gasteiger partial charge on any atom is -0.379 e. The van der Waals surface area contributed by atoms with E-state index in [-0.39, 0.29) is 52.9 Å². The molecule has 2 heterocycles. The van der Waals surface area contributed by atoms with Gasteiger partial charge in [0.05, 0.1) is 35.2 Å². The van der Waals surface area contributed by atoms with Gasteiger partial charge in [-0.05, 0) is 100 Å². The molecule has 4 saturated carbocycles. The van der Waals surface area contributed by atoms with E-state index in [0.717, 1.165) is 44.9 Å². The molecule has 1 spiro atoms. The van der Waals surface area contributed by atoms with E-state index in [1.54, 1.807) is 0 Å². The van der Waals surface area contributed by atoms with Crippen LogP contribution in [0.25, 0.3) is 9.69 Å². The number of fused-ring (bicyclic) bond motifs is 2. The number of hydrogen-bond donors (Lipinski definition) is 2. The second-order valence-corrected chi connectivity index (χ2v) is 21.4. The van der Waals surface area contributed by atoms with E-state index in [9.17, 15) is 9.59 Å². The summed E-state index contributed by atoms with van der Waals surface area (Å²) < 4.78 is 51.0. The van der Waals surface area contributed by atoms with Crippen LogP contribution in [-0.2, 0) is 28.8 Å². The summed E-state index contributed by atoms with van der Waals surface area (Å²) in [6.07, 6.45) is 10.9. The Morgan fingerprint density at radius 1 is 0.912 bits per heavy atom. The predicted octanol–water partition coefficient (Wildman–Crippen LogP) is 8.15. The summed E-state index contributed by atoms with van der Waals surface area (Å²) in [5.74, 6) is -0.669. The molecular weight excluding hydrogens is 743 g/mol. The Morgan fingerprint density at radius 3 is 2.25 bits per heavy atom. The third-order valence-corrected chi connectivity index (χ3v) is 18.2. The van der Waals surface area contributed by atoms with Crippen LogP contribution in [-0.4, -0.2) is 85.2 Å². The van der Waals surface area contributed by atoms with E-state index in [0.29, 0.717) is 70.3 Å². The molecule has 13 heteroatoms. The number of carbonyl (C=O) groups is 2. The molecule has 57 heavy (non-hydrogen) atoms. The third kappa shape index (κ3) is 8.13. The Balaban J connectivity index is 1.33. The van der Waals surface area contributed by atoms with E-state index < -0.39 is 56.3 Å². The van der Waals surface area contributed by atoms with Gasteiger partial charge in [0, 0.05) is 24.6 Å². The van der Waals surface area contributed by atoms with Crippen molar-refractivity contribution in [3.8, 4) is 0 Å². The van der Waals surface area contributed by atoms with Crippen molar-refractivity contribution in [2.24, 2.45) is 28.6 Å². The second-order valence-electron chi connectivity index (χ2n) is 19.2. The molecule has 9 atom stereocenters. The molecule has 9 unspecified atom stereocenters. The molecule has 0 aromatic rings. The standard InChI is InChI=1S/C44H69N5O7S/c1-10-42(4,5)28-20-25-35(32(26-28)43(6,7)11-2)55-27-37(50)47-34-18-15-16-31-38(40(45-8)46-9)44(57(52,53)39(31)34)49(29-21-23-30(24-22-29)54-12-3)41(51)48-33-17-13-14-19-36(33)56-44/h28-36,39H,10-27H2,1-7H3,(H,47,50)(H,48,51). The first-order valence-corrected chi connectivity index (χ1v) is 23.7. The Bertz CT molecular complexity index is 1690. The maximum absolute atomic E-state index is 15.8. The van der Waals surface area contributed by atoms with Gasteiger partial charge in [0.25, 0.3) is 5.06 Å². The topological polar surface area (TPSA) is 132 Å². The quantitative estimate of drug-likeness (QED) is 0.202. The van der Waals surface area contributed by atoms with Gasteiger partial charge in [0.15, 0.2) is 0 Å². The molecule has 0 bridgehead atoms. The Labute approximate surface area is 342 Å². The summed E-state index contributed by atoms with van der Waals surface area (Å²) in [6, 6.07) is -2.26. The third-order valence-electron chi connectivity index (χ3n) is 15.5. The summed E-state index contributed by atoms with van der Waals surface area (Å²) >= 11 is 0. The van der Waals surface area contributed by atoms with Gasteiger partial charge < -0.3 is 24.8 Å². The molecule has 6 rings (SSSR count). The summed E-state index contributed by atoms with van der Waals surface area (Å²) in [7, 11) is -4.53. The first-order chi connectivity index (χ1) is 27.1. The highest BCUT2D eigenvalue weighted by molar-refractivity contribution is 7.93. The van der Waals surface area contributed by atoms with Gasteiger partial charge in [0.1, 0.15) is 19.8 Å². The number of amides is 3. The molecule has 318 valence electrons. The van der Waals surface area contributed by atoms with E-state index in [1.807, 2.05) is 6.92 Å². The first-order valence-electron chi connectivity index (χ1n) is 22.1. The maximum atomic E-state index is 15.8. The van der Waals surface area contributed by atoms with E-state index in [4.69, 9.17) is 27.4 Å². The molecule has 0 aromatic heterocycles. The fourth-order valence-corrected chi connectivity index (χ4v) is 14.5. The van der Waals surface area contributed by atoms with Gasteiger partial charge >= 0.3 is 11.9 Å². The summed E-state index contributed by atoms with van der Waals surface area (Å²) in [4.78, 5) is 37.3. The lowest BCUT2D eigenvalue weighted by atomic mass is 9.60. The maximum Gasteiger partial charge on any atom is 0.524 e. The largest absolute Gasteiger partial charge is 0.524 e. The number of carbonyl (C=O) groups excluding carboxylic acids is 2. The van der Waals surface area contributed by atoms with E-state index >= 15 is 8.42 Å². The summed E-state index contributed by atoms with van der Waals surface area (Å²) in [5.41, 5.74) is 0.324. The minimum absolute atomic E-state index is 0.00363. The molecule has 12 nitrogen and oxygen atoms in total. The number of ether oxygens (including phenoxy) is 3. The number of nitrogens with zero attached hydrogens (tertiary/aromatic N) is 3. The molecule has 6 fully saturated rings. The average molecular weight is 812 g/mol. The van der Waals surface area contributed by atoms with Crippen molar-refractivity contribution < 1.29 is 32.2 Å². The molecule has 2 N–H and O–H groups in total. The smallest absolute Gasteiger partial charge is 0.379 e. The highest BCUT2D eigenvalue weighted by Gasteiger charge is 2.74. The van der Waals surface area contributed by atoms with Gasteiger partial charge in [-0.2, -0.15) is 9.69 Å². The molecule has 0 aromatic carbocycles. The predicted molar refractivity (Wildman–Crippen MR) is 219 cm³/mol. The fourth-order valence-electron chi connectivity index (χ4n) is 11.5. The molecule has 0 radical (unpaired) electrons. The van der Waals surface area contributed by atoms with Crippen LogP contribution in [0.4, 0.5) is 4.79 Å². The van der Waals surface area contributed by atoms with E-state index in [1.165, 1.54) is 4.90 Å². The zero-order valence-electron chi connectivity index (χ0n) is 35.6. The van der Waals surface area contributed by atoms with Crippen molar-refractivity contribution in [1.82, 2.24) is 15.5 Å². The number of rotatable bonds is 11. The number of urea groups is 1. The summed E-state index contributed by atoms with van der Waals surface area (Å²) in [5, 5.41) is 2.73. The zero-order valence-corrected chi connectivity index (χ0v) is 36.4. The van der Waals surface area contributed by atoms with Crippen molar-refractivity contribution in [1.29, 1.82) is 0 Å². The molecule has 2 saturated heterocycles. The molecule has 6 aliphatic rings. The van der Waals surface area contributed by atoms with Crippen molar-refractivity contribution in [2.45, 2.75) is 198 Å². The average Bonchev–Trinajstić information content (AvgIpc) is 3.28. The summed E-state index contributed by atoms with van der Waals surface area (Å²) in [6.45, 7) is 32.4. The number of sulfone groups is 1. The minimum atomic E-state index is -4.53. The van der Waals surface area contributed by atoms with Gasteiger partial charge in [-0.15, -0.1) is 0 Å². The number of hydrogen-bond acceptors (Lipinski definition) is 7. The molecule has 2 aliphatic heterocycles. The highest BCUT2D eigenvalue weighted by Crippen LogP contribution is 2.58. The highest BCUT2D eigenvalue weighted by atomic mass is 32.2. The molecular formula is C44H69N5O7S. The Morgan fingerprint density at radius 2 is 1.60 bits per heavy atom. The Kier molecular flexibility index (Phi) is 13.5. The van der Waals surface area contributed by atoms with Crippen LogP contribution in [0.2, 0.25) is 0 Å². The van der Waals surface area contributed by atoms with Crippen LogP contribution < -0.4 is 10.6 Å². The van der Waals surface area contributed by atoms with Crippen LogP contribution in [0.1, 0.15) is 151 Å². The van der Waals surface area contributed by atoms with Crippen molar-refractivity contribution in [3.63, 3.8) is 0 Å². The van der Waals surface area contributed by atoms with Crippen LogP contribution in [0, 0.1) is 41.7 Å². The molecule has 4 aliphatic carbocycles. The lowest BCUT2D eigenvalue weighted by Gasteiger charge is -2.48. The van der Waals surface area contributed by atoms with Crippen LogP contribution in [0.5, 0.6) is 0 Å². The normalized spacial score (nSPS) is 36.9. The SMILES string of the molecule is [C-]#[N+]C([N+]#[C-])=C1C2CCCC(NC(=O)COC3CCC(C(C)(C)CC)CC3C(C)(C)CC)C2S(=O)(=O)C12OC1CCCCC1NC(=O)N2C1CCC(OCC)CC1. The van der Waals surface area contributed by atoms with E-state index in [2.05, 4.69) is 61.9 Å². The van der Waals surface area contributed by atoms with Gasteiger partial charge in [-0.3, -0.25) is 9.69 Å². The van der Waals surface area contributed by atoms with Crippen LogP contribution in [0.15, 0.2) is 11.4 Å². The van der Waals surface area contributed by atoms with Gasteiger partial charge in [-0.25, -0.2) is 13.2 Å². The van der Waals surface area contributed by atoms with Crippen molar-refractivity contribution >= 4 is 21.8 Å². The lowest BCUT2D eigenvalue weighted by molar-refractivity contribution is -0.135. The first kappa shape index (κ1) is 43.9. The van der Waals surface area contributed by atoms with Crippen molar-refractivity contribution in [3.05, 3.63) is 34.2 Å². The molecule has 3 amide bonds. The zero-order chi connectivity index (χ0) is 41.3.